The van der Waals surface area contributed by atoms with Crippen LogP contribution in [-0.4, -0.2) is 47.6 Å². The van der Waals surface area contributed by atoms with Crippen molar-refractivity contribution in [1.82, 2.24) is 10.2 Å². The van der Waals surface area contributed by atoms with Crippen LogP contribution in [-0.2, 0) is 16.1 Å². The summed E-state index contributed by atoms with van der Waals surface area (Å²) in [7, 11) is 1.43. The Kier molecular flexibility index (Phi) is 5.20. The van der Waals surface area contributed by atoms with E-state index in [9.17, 15) is 19.1 Å². The molecule has 2 N–H and O–H groups in total. The summed E-state index contributed by atoms with van der Waals surface area (Å²) in [4.78, 5) is 25.2. The zero-order valence-corrected chi connectivity index (χ0v) is 13.3. The van der Waals surface area contributed by atoms with E-state index in [1.807, 2.05) is 0 Å². The lowest BCUT2D eigenvalue weighted by molar-refractivity contribution is -0.150. The molecule has 1 aromatic rings. The molecule has 7 heteroatoms. The zero-order chi connectivity index (χ0) is 17.0. The molecule has 1 saturated heterocycles. The monoisotopic (exact) mass is 324 g/mol. The number of nitrogens with one attached hydrogen (secondary N) is 1. The fraction of sp³-hybridized carbons (Fsp3) is 0.500. The minimum atomic E-state index is -1.61. The maximum atomic E-state index is 13.4. The van der Waals surface area contributed by atoms with Gasteiger partial charge < -0.3 is 20.1 Å². The van der Waals surface area contributed by atoms with Gasteiger partial charge in [0.1, 0.15) is 11.6 Å². The summed E-state index contributed by atoms with van der Waals surface area (Å²) < 4.78 is 18.4. The number of β-amino-alcohol motifs (C(OH)–C–C–N with tert-alkyl or cyclic N) is 1. The van der Waals surface area contributed by atoms with Crippen molar-refractivity contribution in [1.29, 1.82) is 0 Å². The van der Waals surface area contributed by atoms with Crippen LogP contribution in [0.5, 0.6) is 5.75 Å². The van der Waals surface area contributed by atoms with Gasteiger partial charge in [-0.2, -0.15) is 0 Å². The van der Waals surface area contributed by atoms with Crippen molar-refractivity contribution in [2.45, 2.75) is 31.9 Å². The van der Waals surface area contributed by atoms with Gasteiger partial charge in [-0.15, -0.1) is 0 Å². The Morgan fingerprint density at radius 2 is 2.17 bits per heavy atom. The predicted octanol–water partition coefficient (Wildman–Crippen LogP) is 0.824. The average Bonchev–Trinajstić information content (AvgIpc) is 2.52. The van der Waals surface area contributed by atoms with E-state index in [1.165, 1.54) is 31.1 Å². The number of likely N-dealkylation sites (tertiary alicyclic amines) is 1. The van der Waals surface area contributed by atoms with E-state index in [2.05, 4.69) is 5.32 Å². The number of halogens is 1. The van der Waals surface area contributed by atoms with Crippen LogP contribution in [0.25, 0.3) is 0 Å². The SMILES string of the molecule is COc1cc(F)cc(CNC(=O)[C@]2(O)CCCN(C(C)=O)C2)c1. The van der Waals surface area contributed by atoms with Crippen molar-refractivity contribution in [3.8, 4) is 5.75 Å². The number of ether oxygens (including phenoxy) is 1. The topological polar surface area (TPSA) is 78.9 Å². The summed E-state index contributed by atoms with van der Waals surface area (Å²) in [5.41, 5.74) is -1.08. The Morgan fingerprint density at radius 3 is 2.83 bits per heavy atom. The molecule has 1 aliphatic rings. The zero-order valence-electron chi connectivity index (χ0n) is 13.3. The average molecular weight is 324 g/mol. The normalized spacial score (nSPS) is 21.0. The molecule has 1 atom stereocenters. The van der Waals surface area contributed by atoms with Crippen molar-refractivity contribution >= 4 is 11.8 Å². The highest BCUT2D eigenvalue weighted by Gasteiger charge is 2.40. The molecular formula is C16H21FN2O4. The van der Waals surface area contributed by atoms with Crippen LogP contribution in [0.4, 0.5) is 4.39 Å². The molecule has 0 unspecified atom stereocenters. The largest absolute Gasteiger partial charge is 0.497 e. The van der Waals surface area contributed by atoms with E-state index >= 15 is 0 Å². The third-order valence-electron chi connectivity index (χ3n) is 3.96. The summed E-state index contributed by atoms with van der Waals surface area (Å²) in [6.45, 7) is 1.98. The van der Waals surface area contributed by atoms with Crippen LogP contribution in [0.2, 0.25) is 0 Å². The second-order valence-electron chi connectivity index (χ2n) is 5.76. The van der Waals surface area contributed by atoms with Crippen molar-refractivity contribution in [2.75, 3.05) is 20.2 Å². The molecule has 1 heterocycles. The lowest BCUT2D eigenvalue weighted by atomic mass is 9.91. The Bertz CT molecular complexity index is 608. The standard InChI is InChI=1S/C16H21FN2O4/c1-11(20)19-5-3-4-16(22,10-19)15(21)18-9-12-6-13(17)8-14(7-12)23-2/h6-8,22H,3-5,9-10H2,1-2H3,(H,18,21)/t16-/m0/s1. The van der Waals surface area contributed by atoms with Crippen LogP contribution >= 0.6 is 0 Å². The van der Waals surface area contributed by atoms with Crippen molar-refractivity contribution in [3.05, 3.63) is 29.6 Å². The van der Waals surface area contributed by atoms with E-state index in [0.717, 1.165) is 0 Å². The lowest BCUT2D eigenvalue weighted by Crippen LogP contribution is -2.57. The predicted molar refractivity (Wildman–Crippen MR) is 81.2 cm³/mol. The van der Waals surface area contributed by atoms with Gasteiger partial charge in [-0.25, -0.2) is 4.39 Å². The van der Waals surface area contributed by atoms with Gasteiger partial charge in [-0.05, 0) is 30.5 Å². The first-order chi connectivity index (χ1) is 10.8. The van der Waals surface area contributed by atoms with Crippen LogP contribution in [0, 0.1) is 5.82 Å². The summed E-state index contributed by atoms with van der Waals surface area (Å²) in [6.07, 6.45) is 0.840. The third-order valence-corrected chi connectivity index (χ3v) is 3.96. The van der Waals surface area contributed by atoms with Crippen LogP contribution in [0.15, 0.2) is 18.2 Å². The number of aliphatic hydroxyl groups is 1. The van der Waals surface area contributed by atoms with Crippen molar-refractivity contribution < 1.29 is 23.8 Å². The summed E-state index contributed by atoms with van der Waals surface area (Å²) >= 11 is 0. The molecule has 126 valence electrons. The molecule has 23 heavy (non-hydrogen) atoms. The fourth-order valence-electron chi connectivity index (χ4n) is 2.68. The van der Waals surface area contributed by atoms with Crippen molar-refractivity contribution in [3.63, 3.8) is 0 Å². The molecule has 2 amide bonds. The second kappa shape index (κ2) is 6.95. The van der Waals surface area contributed by atoms with Gasteiger partial charge in [-0.1, -0.05) is 0 Å². The molecule has 6 nitrogen and oxygen atoms in total. The molecule has 0 saturated carbocycles. The fourth-order valence-corrected chi connectivity index (χ4v) is 2.68. The molecule has 0 aromatic heterocycles. The smallest absolute Gasteiger partial charge is 0.254 e. The van der Waals surface area contributed by atoms with E-state index in [4.69, 9.17) is 4.74 Å². The van der Waals surface area contributed by atoms with Crippen LogP contribution in [0.3, 0.4) is 0 Å². The third kappa shape index (κ3) is 4.19. The van der Waals surface area contributed by atoms with Gasteiger partial charge >= 0.3 is 0 Å². The molecule has 1 aliphatic heterocycles. The van der Waals surface area contributed by atoms with Crippen LogP contribution < -0.4 is 10.1 Å². The molecule has 1 aromatic carbocycles. The van der Waals surface area contributed by atoms with Gasteiger partial charge in [0, 0.05) is 26.1 Å². The van der Waals surface area contributed by atoms with E-state index in [0.29, 0.717) is 24.3 Å². The van der Waals surface area contributed by atoms with Gasteiger partial charge in [0.2, 0.25) is 5.91 Å². The first-order valence-electron chi connectivity index (χ1n) is 7.44. The number of piperidine rings is 1. The molecule has 0 bridgehead atoms. The minimum absolute atomic E-state index is 0.0271. The first kappa shape index (κ1) is 17.2. The number of carbonyl (C=O) groups is 2. The van der Waals surface area contributed by atoms with Gasteiger partial charge in [-0.3, -0.25) is 9.59 Å². The number of nitrogens with zero attached hydrogens (tertiary/aromatic N) is 1. The van der Waals surface area contributed by atoms with Gasteiger partial charge in [0.25, 0.3) is 5.91 Å². The highest BCUT2D eigenvalue weighted by atomic mass is 19.1. The number of carbonyl (C=O) groups excluding carboxylic acids is 2. The summed E-state index contributed by atoms with van der Waals surface area (Å²) in [5.74, 6) is -0.849. The van der Waals surface area contributed by atoms with Gasteiger partial charge in [0.15, 0.2) is 5.60 Å². The molecule has 0 radical (unpaired) electrons. The molecular weight excluding hydrogens is 303 g/mol. The van der Waals surface area contributed by atoms with E-state index in [1.54, 1.807) is 6.07 Å². The Labute approximate surface area is 134 Å². The summed E-state index contributed by atoms with van der Waals surface area (Å²) in [6, 6.07) is 4.14. The van der Waals surface area contributed by atoms with E-state index < -0.39 is 17.3 Å². The quantitative estimate of drug-likeness (QED) is 0.860. The lowest BCUT2D eigenvalue weighted by Gasteiger charge is -2.37. The Balaban J connectivity index is 2.01. The second-order valence-corrected chi connectivity index (χ2v) is 5.76. The number of hydrogen-bond donors (Lipinski definition) is 2. The number of benzene rings is 1. The molecule has 0 spiro atoms. The maximum absolute atomic E-state index is 13.4. The summed E-state index contributed by atoms with van der Waals surface area (Å²) in [5, 5.41) is 13.1. The van der Waals surface area contributed by atoms with E-state index in [-0.39, 0.29) is 25.4 Å². The molecule has 1 fully saturated rings. The molecule has 2 rings (SSSR count). The number of amides is 2. The van der Waals surface area contributed by atoms with Crippen molar-refractivity contribution in [2.24, 2.45) is 0 Å². The maximum Gasteiger partial charge on any atom is 0.254 e. The highest BCUT2D eigenvalue weighted by molar-refractivity contribution is 5.86. The molecule has 0 aliphatic carbocycles. The number of methoxy groups -OCH3 is 1. The number of hydrogen-bond acceptors (Lipinski definition) is 4. The van der Waals surface area contributed by atoms with Gasteiger partial charge in [0.05, 0.1) is 13.7 Å². The Hall–Kier alpha value is -2.15. The minimum Gasteiger partial charge on any atom is -0.497 e. The van der Waals surface area contributed by atoms with Crippen LogP contribution in [0.1, 0.15) is 25.3 Å². The first-order valence-corrected chi connectivity index (χ1v) is 7.44. The Morgan fingerprint density at radius 1 is 1.43 bits per heavy atom. The number of rotatable bonds is 4. The highest BCUT2D eigenvalue weighted by Crippen LogP contribution is 2.22.